The minimum atomic E-state index is -0.360. The number of imidazole rings is 1. The highest BCUT2D eigenvalue weighted by atomic mass is 32.1. The molecule has 7 nitrogen and oxygen atoms in total. The molecule has 1 amide bonds. The van der Waals surface area contributed by atoms with E-state index in [0.29, 0.717) is 31.1 Å². The van der Waals surface area contributed by atoms with Gasteiger partial charge in [-0.15, -0.1) is 0 Å². The van der Waals surface area contributed by atoms with Gasteiger partial charge in [-0.2, -0.15) is 4.37 Å². The van der Waals surface area contributed by atoms with E-state index < -0.39 is 0 Å². The van der Waals surface area contributed by atoms with Gasteiger partial charge in [0.05, 0.1) is 24.0 Å². The van der Waals surface area contributed by atoms with Crippen LogP contribution in [0.15, 0.2) is 24.3 Å². The summed E-state index contributed by atoms with van der Waals surface area (Å²) in [6, 6.07) is 5.44. The molecule has 28 heavy (non-hydrogen) atoms. The van der Waals surface area contributed by atoms with Crippen molar-refractivity contribution in [1.82, 2.24) is 23.8 Å². The lowest BCUT2D eigenvalue weighted by Gasteiger charge is -2.35. The quantitative estimate of drug-likeness (QED) is 0.671. The van der Waals surface area contributed by atoms with Crippen LogP contribution < -0.4 is 0 Å². The molecule has 4 rings (SSSR count). The number of fused-ring (bicyclic) bond motifs is 1. The van der Waals surface area contributed by atoms with Crippen LogP contribution in [0.3, 0.4) is 0 Å². The van der Waals surface area contributed by atoms with Crippen molar-refractivity contribution in [2.75, 3.05) is 13.7 Å². The van der Waals surface area contributed by atoms with E-state index in [-0.39, 0.29) is 17.8 Å². The summed E-state index contributed by atoms with van der Waals surface area (Å²) in [4.78, 5) is 24.0. The van der Waals surface area contributed by atoms with Crippen molar-refractivity contribution in [3.63, 3.8) is 0 Å². The molecule has 146 valence electrons. The van der Waals surface area contributed by atoms with Crippen LogP contribution in [0.25, 0.3) is 10.8 Å². The molecule has 9 heteroatoms. The van der Waals surface area contributed by atoms with Gasteiger partial charge in [-0.3, -0.25) is 4.79 Å². The van der Waals surface area contributed by atoms with E-state index >= 15 is 0 Å². The van der Waals surface area contributed by atoms with Gasteiger partial charge >= 0.3 is 0 Å². The molecule has 1 aromatic carbocycles. The summed E-state index contributed by atoms with van der Waals surface area (Å²) in [5.41, 5.74) is 2.19. The van der Waals surface area contributed by atoms with Gasteiger partial charge in [0.25, 0.3) is 5.91 Å². The summed E-state index contributed by atoms with van der Waals surface area (Å²) >= 11 is 1.31. The predicted molar refractivity (Wildman–Crippen MR) is 102 cm³/mol. The van der Waals surface area contributed by atoms with Gasteiger partial charge in [0.15, 0.2) is 10.8 Å². The Hall–Kier alpha value is -2.65. The first kappa shape index (κ1) is 18.7. The van der Waals surface area contributed by atoms with Crippen molar-refractivity contribution >= 4 is 17.4 Å². The van der Waals surface area contributed by atoms with E-state index in [4.69, 9.17) is 9.72 Å². The second-order valence-electron chi connectivity index (χ2n) is 6.68. The third-order valence-electron chi connectivity index (χ3n) is 4.86. The summed E-state index contributed by atoms with van der Waals surface area (Å²) < 4.78 is 24.9. The van der Waals surface area contributed by atoms with Crippen molar-refractivity contribution in [1.29, 1.82) is 0 Å². The maximum Gasteiger partial charge on any atom is 0.254 e. The summed E-state index contributed by atoms with van der Waals surface area (Å²) in [7, 11) is 1.62. The van der Waals surface area contributed by atoms with Gasteiger partial charge in [0.1, 0.15) is 11.6 Å². The van der Waals surface area contributed by atoms with Gasteiger partial charge in [-0.25, -0.2) is 14.4 Å². The molecule has 2 aromatic heterocycles. The van der Waals surface area contributed by atoms with E-state index in [1.165, 1.54) is 35.8 Å². The summed E-state index contributed by atoms with van der Waals surface area (Å²) in [6.07, 6.45) is 0. The molecule has 0 unspecified atom stereocenters. The van der Waals surface area contributed by atoms with Crippen molar-refractivity contribution in [3.05, 3.63) is 52.9 Å². The van der Waals surface area contributed by atoms with Gasteiger partial charge in [-0.05, 0) is 49.6 Å². The zero-order valence-electron chi connectivity index (χ0n) is 15.8. The van der Waals surface area contributed by atoms with Crippen LogP contribution in [-0.4, -0.2) is 43.4 Å². The number of ether oxygens (including phenoxy) is 1. The number of benzene rings is 1. The predicted octanol–water partition coefficient (Wildman–Crippen LogP) is 3.21. The summed E-state index contributed by atoms with van der Waals surface area (Å²) in [6.45, 7) is 5.29. The van der Waals surface area contributed by atoms with Crippen molar-refractivity contribution in [2.24, 2.45) is 0 Å². The molecule has 0 saturated carbocycles. The highest BCUT2D eigenvalue weighted by Gasteiger charge is 2.34. The minimum Gasteiger partial charge on any atom is -0.378 e. The maximum absolute atomic E-state index is 13.2. The number of aryl methyl sites for hydroxylation is 1. The summed E-state index contributed by atoms with van der Waals surface area (Å²) in [5.74, 6) is 0.980. The Kier molecular flexibility index (Phi) is 4.94. The molecule has 1 aliphatic rings. The highest BCUT2D eigenvalue weighted by Crippen LogP contribution is 2.34. The molecule has 0 radical (unpaired) electrons. The average Bonchev–Trinajstić information content (AvgIpc) is 3.26. The standard InChI is InChI=1S/C19H20FN5O2S/c1-11-16-15(10-27-3)22-17(18-21-12(2)23-28-18)25(16)9-8-24(11)19(26)13-4-6-14(20)7-5-13/h4-7,11H,8-10H2,1-3H3/t11-/m1/s1. The first-order valence-corrected chi connectivity index (χ1v) is 9.72. The van der Waals surface area contributed by atoms with Crippen LogP contribution in [0.4, 0.5) is 4.39 Å². The molecule has 0 bridgehead atoms. The van der Waals surface area contributed by atoms with Gasteiger partial charge < -0.3 is 14.2 Å². The number of rotatable bonds is 4. The minimum absolute atomic E-state index is 0.128. The monoisotopic (exact) mass is 401 g/mol. The van der Waals surface area contributed by atoms with Crippen LogP contribution in [0, 0.1) is 12.7 Å². The van der Waals surface area contributed by atoms with Crippen LogP contribution >= 0.6 is 11.5 Å². The van der Waals surface area contributed by atoms with Gasteiger partial charge in [-0.1, -0.05) is 0 Å². The Labute approximate surface area is 166 Å². The molecule has 0 fully saturated rings. The smallest absolute Gasteiger partial charge is 0.254 e. The molecule has 3 heterocycles. The third-order valence-corrected chi connectivity index (χ3v) is 5.66. The van der Waals surface area contributed by atoms with E-state index in [1.807, 2.05) is 13.8 Å². The molecule has 1 aliphatic heterocycles. The van der Waals surface area contributed by atoms with Crippen molar-refractivity contribution in [2.45, 2.75) is 33.0 Å². The average molecular weight is 401 g/mol. The highest BCUT2D eigenvalue weighted by molar-refractivity contribution is 7.09. The number of methoxy groups -OCH3 is 1. The van der Waals surface area contributed by atoms with E-state index in [9.17, 15) is 9.18 Å². The Morgan fingerprint density at radius 3 is 2.68 bits per heavy atom. The van der Waals surface area contributed by atoms with E-state index in [0.717, 1.165) is 22.2 Å². The largest absolute Gasteiger partial charge is 0.378 e. The lowest BCUT2D eigenvalue weighted by Crippen LogP contribution is -2.41. The fraction of sp³-hybridized carbons (Fsp3) is 0.368. The lowest BCUT2D eigenvalue weighted by atomic mass is 10.1. The molecular formula is C19H20FN5O2S. The molecule has 0 aliphatic carbocycles. The lowest BCUT2D eigenvalue weighted by molar-refractivity contribution is 0.0640. The normalized spacial score (nSPS) is 16.3. The fourth-order valence-electron chi connectivity index (χ4n) is 3.59. The van der Waals surface area contributed by atoms with E-state index in [1.54, 1.807) is 12.0 Å². The molecule has 0 N–H and O–H groups in total. The number of hydrogen-bond acceptors (Lipinski definition) is 6. The van der Waals surface area contributed by atoms with Gasteiger partial charge in [0, 0.05) is 25.8 Å². The molecular weight excluding hydrogens is 381 g/mol. The second kappa shape index (κ2) is 7.40. The number of carbonyl (C=O) groups excluding carboxylic acids is 1. The zero-order chi connectivity index (χ0) is 19.8. The Bertz CT molecular complexity index is 1010. The molecule has 0 saturated heterocycles. The first-order valence-electron chi connectivity index (χ1n) is 8.95. The third kappa shape index (κ3) is 3.20. The van der Waals surface area contributed by atoms with Crippen LogP contribution in [-0.2, 0) is 17.9 Å². The topological polar surface area (TPSA) is 73.1 Å². The Balaban J connectivity index is 1.72. The Morgan fingerprint density at radius 2 is 2.04 bits per heavy atom. The van der Waals surface area contributed by atoms with Crippen molar-refractivity contribution in [3.8, 4) is 10.8 Å². The zero-order valence-corrected chi connectivity index (χ0v) is 16.7. The second-order valence-corrected chi connectivity index (χ2v) is 7.43. The van der Waals surface area contributed by atoms with E-state index in [2.05, 4.69) is 13.9 Å². The molecule has 3 aromatic rings. The number of nitrogens with zero attached hydrogens (tertiary/aromatic N) is 5. The first-order chi connectivity index (χ1) is 13.5. The number of carbonyl (C=O) groups is 1. The maximum atomic E-state index is 13.2. The SMILES string of the molecule is COCc1nc(-c2nc(C)ns2)n2c1[C@@H](C)N(C(=O)c1ccc(F)cc1)CC2. The van der Waals surface area contributed by atoms with Crippen LogP contribution in [0.5, 0.6) is 0 Å². The fourth-order valence-corrected chi connectivity index (χ4v) is 4.26. The van der Waals surface area contributed by atoms with Crippen LogP contribution in [0.1, 0.15) is 40.5 Å². The van der Waals surface area contributed by atoms with Crippen LogP contribution in [0.2, 0.25) is 0 Å². The van der Waals surface area contributed by atoms with Crippen molar-refractivity contribution < 1.29 is 13.9 Å². The number of aromatic nitrogens is 4. The summed E-state index contributed by atoms with van der Waals surface area (Å²) in [5, 5.41) is 0.756. The van der Waals surface area contributed by atoms with Gasteiger partial charge in [0.2, 0.25) is 0 Å². The number of hydrogen-bond donors (Lipinski definition) is 0. The number of halogens is 1. The Morgan fingerprint density at radius 1 is 1.29 bits per heavy atom. The molecule has 1 atom stereocenters. The molecule has 0 spiro atoms. The number of amides is 1.